The number of aromatic nitrogens is 1. The lowest BCUT2D eigenvalue weighted by molar-refractivity contribution is 0.323. The van der Waals surface area contributed by atoms with Gasteiger partial charge in [0.25, 0.3) is 0 Å². The second-order valence-corrected chi connectivity index (χ2v) is 5.65. The van der Waals surface area contributed by atoms with E-state index in [0.29, 0.717) is 6.04 Å². The van der Waals surface area contributed by atoms with Crippen molar-refractivity contribution in [1.82, 2.24) is 9.88 Å². The topological polar surface area (TPSA) is 42.1 Å². The Kier molecular flexibility index (Phi) is 3.41. The number of thiazole rings is 1. The first-order chi connectivity index (χ1) is 8.81. The maximum absolute atomic E-state index is 5.92. The van der Waals surface area contributed by atoms with Crippen LogP contribution in [0.25, 0.3) is 10.6 Å². The first-order valence-electron chi connectivity index (χ1n) is 6.29. The van der Waals surface area contributed by atoms with Crippen LogP contribution in [0.15, 0.2) is 35.7 Å². The Bertz CT molecular complexity index is 509. The largest absolute Gasteiger partial charge is 0.326 e. The molecular formula is C14H17N3S. The molecule has 2 N–H and O–H groups in total. The predicted octanol–water partition coefficient (Wildman–Crippen LogP) is 2.34. The first-order valence-corrected chi connectivity index (χ1v) is 7.17. The van der Waals surface area contributed by atoms with Gasteiger partial charge in [-0.15, -0.1) is 11.3 Å². The second-order valence-electron chi connectivity index (χ2n) is 4.79. The van der Waals surface area contributed by atoms with Gasteiger partial charge in [0.05, 0.1) is 5.69 Å². The van der Waals surface area contributed by atoms with E-state index in [4.69, 9.17) is 10.7 Å². The zero-order chi connectivity index (χ0) is 12.4. The molecule has 1 saturated heterocycles. The summed E-state index contributed by atoms with van der Waals surface area (Å²) in [5, 5.41) is 3.26. The number of likely N-dealkylation sites (tertiary alicyclic amines) is 1. The number of hydrogen-bond donors (Lipinski definition) is 1. The summed E-state index contributed by atoms with van der Waals surface area (Å²) >= 11 is 1.72. The molecule has 1 aliphatic rings. The van der Waals surface area contributed by atoms with Gasteiger partial charge in [0.1, 0.15) is 5.01 Å². The van der Waals surface area contributed by atoms with Crippen LogP contribution in [0.1, 0.15) is 12.1 Å². The number of nitrogens with two attached hydrogens (primary N) is 1. The van der Waals surface area contributed by atoms with Gasteiger partial charge in [-0.25, -0.2) is 4.98 Å². The van der Waals surface area contributed by atoms with Crippen molar-refractivity contribution in [3.8, 4) is 10.6 Å². The van der Waals surface area contributed by atoms with E-state index in [1.807, 2.05) is 6.07 Å². The van der Waals surface area contributed by atoms with Crippen molar-refractivity contribution in [1.29, 1.82) is 0 Å². The summed E-state index contributed by atoms with van der Waals surface area (Å²) in [6.07, 6.45) is 1.11. The van der Waals surface area contributed by atoms with Crippen LogP contribution in [0.3, 0.4) is 0 Å². The lowest BCUT2D eigenvalue weighted by Gasteiger charge is -2.12. The van der Waals surface area contributed by atoms with Crippen LogP contribution in [0.5, 0.6) is 0 Å². The molecule has 0 spiro atoms. The SMILES string of the molecule is NC1CCN(Cc2csc(-c3ccccc3)n2)C1. The third-order valence-electron chi connectivity index (χ3n) is 3.27. The fourth-order valence-corrected chi connectivity index (χ4v) is 3.15. The van der Waals surface area contributed by atoms with Crippen LogP contribution in [0.2, 0.25) is 0 Å². The lowest BCUT2D eigenvalue weighted by atomic mass is 10.2. The van der Waals surface area contributed by atoms with Crippen molar-refractivity contribution >= 4 is 11.3 Å². The molecular weight excluding hydrogens is 242 g/mol. The van der Waals surface area contributed by atoms with Crippen molar-refractivity contribution in [3.05, 3.63) is 41.4 Å². The Balaban J connectivity index is 1.70. The van der Waals surface area contributed by atoms with Crippen LogP contribution in [-0.4, -0.2) is 29.0 Å². The van der Waals surface area contributed by atoms with Crippen LogP contribution in [-0.2, 0) is 6.54 Å². The van der Waals surface area contributed by atoms with Crippen LogP contribution in [0, 0.1) is 0 Å². The standard InChI is InChI=1S/C14H17N3S/c15-12-6-7-17(8-12)9-13-10-18-14(16-13)11-4-2-1-3-5-11/h1-5,10,12H,6-9,15H2. The molecule has 0 amide bonds. The molecule has 1 unspecified atom stereocenters. The minimum Gasteiger partial charge on any atom is -0.326 e. The molecule has 2 heterocycles. The predicted molar refractivity (Wildman–Crippen MR) is 75.4 cm³/mol. The van der Waals surface area contributed by atoms with E-state index < -0.39 is 0 Å². The van der Waals surface area contributed by atoms with Gasteiger partial charge in [-0.2, -0.15) is 0 Å². The molecule has 2 aromatic rings. The zero-order valence-electron chi connectivity index (χ0n) is 10.2. The van der Waals surface area contributed by atoms with Crippen molar-refractivity contribution in [2.24, 2.45) is 5.73 Å². The third kappa shape index (κ3) is 2.61. The monoisotopic (exact) mass is 259 g/mol. The minimum atomic E-state index is 0.345. The lowest BCUT2D eigenvalue weighted by Crippen LogP contribution is -2.26. The van der Waals surface area contributed by atoms with E-state index in [1.165, 1.54) is 5.56 Å². The van der Waals surface area contributed by atoms with E-state index in [0.717, 1.165) is 36.8 Å². The fourth-order valence-electron chi connectivity index (χ4n) is 2.33. The zero-order valence-corrected chi connectivity index (χ0v) is 11.1. The van der Waals surface area contributed by atoms with E-state index in [9.17, 15) is 0 Å². The summed E-state index contributed by atoms with van der Waals surface area (Å²) in [5.74, 6) is 0. The molecule has 0 aliphatic carbocycles. The summed E-state index contributed by atoms with van der Waals surface area (Å²) < 4.78 is 0. The minimum absolute atomic E-state index is 0.345. The van der Waals surface area contributed by atoms with Gasteiger partial charge < -0.3 is 5.73 Å². The highest BCUT2D eigenvalue weighted by atomic mass is 32.1. The van der Waals surface area contributed by atoms with Crippen molar-refractivity contribution in [2.75, 3.05) is 13.1 Å². The molecule has 18 heavy (non-hydrogen) atoms. The second kappa shape index (κ2) is 5.18. The highest BCUT2D eigenvalue weighted by Crippen LogP contribution is 2.24. The average molecular weight is 259 g/mol. The summed E-state index contributed by atoms with van der Waals surface area (Å²) in [5.41, 5.74) is 8.28. The van der Waals surface area contributed by atoms with Gasteiger partial charge in [-0.3, -0.25) is 4.90 Å². The molecule has 0 bridgehead atoms. The van der Waals surface area contributed by atoms with Crippen molar-refractivity contribution < 1.29 is 0 Å². The summed E-state index contributed by atoms with van der Waals surface area (Å²) in [4.78, 5) is 7.09. The highest BCUT2D eigenvalue weighted by Gasteiger charge is 2.19. The quantitative estimate of drug-likeness (QED) is 0.920. The number of benzene rings is 1. The van der Waals surface area contributed by atoms with Gasteiger partial charge >= 0.3 is 0 Å². The first kappa shape index (κ1) is 11.8. The van der Waals surface area contributed by atoms with Crippen molar-refractivity contribution in [3.63, 3.8) is 0 Å². The smallest absolute Gasteiger partial charge is 0.123 e. The molecule has 4 heteroatoms. The van der Waals surface area contributed by atoms with Crippen LogP contribution < -0.4 is 5.73 Å². The van der Waals surface area contributed by atoms with Gasteiger partial charge in [0.15, 0.2) is 0 Å². The molecule has 1 atom stereocenters. The number of nitrogens with zero attached hydrogens (tertiary/aromatic N) is 2. The molecule has 0 saturated carbocycles. The molecule has 1 aromatic heterocycles. The summed E-state index contributed by atoms with van der Waals surface area (Å²) in [7, 11) is 0. The Morgan fingerprint density at radius 1 is 1.33 bits per heavy atom. The number of hydrogen-bond acceptors (Lipinski definition) is 4. The summed E-state index contributed by atoms with van der Waals surface area (Å²) in [6, 6.07) is 10.7. The van der Waals surface area contributed by atoms with Gasteiger partial charge in [-0.1, -0.05) is 30.3 Å². The van der Waals surface area contributed by atoms with Gasteiger partial charge in [-0.05, 0) is 6.42 Å². The Labute approximate surface area is 111 Å². The Morgan fingerprint density at radius 2 is 2.17 bits per heavy atom. The van der Waals surface area contributed by atoms with Crippen LogP contribution >= 0.6 is 11.3 Å². The van der Waals surface area contributed by atoms with E-state index >= 15 is 0 Å². The Morgan fingerprint density at radius 3 is 2.89 bits per heavy atom. The fraction of sp³-hybridized carbons (Fsp3) is 0.357. The van der Waals surface area contributed by atoms with E-state index in [2.05, 4.69) is 34.5 Å². The summed E-state index contributed by atoms with van der Waals surface area (Å²) in [6.45, 7) is 3.02. The third-order valence-corrected chi connectivity index (χ3v) is 4.21. The molecule has 94 valence electrons. The maximum Gasteiger partial charge on any atom is 0.123 e. The molecule has 1 aromatic carbocycles. The maximum atomic E-state index is 5.92. The van der Waals surface area contributed by atoms with E-state index in [1.54, 1.807) is 11.3 Å². The number of rotatable bonds is 3. The molecule has 1 aliphatic heterocycles. The molecule has 3 nitrogen and oxygen atoms in total. The molecule has 1 fully saturated rings. The van der Waals surface area contributed by atoms with Gasteiger partial charge in [0.2, 0.25) is 0 Å². The van der Waals surface area contributed by atoms with Crippen LogP contribution in [0.4, 0.5) is 0 Å². The molecule has 0 radical (unpaired) electrons. The van der Waals surface area contributed by atoms with Gasteiger partial charge in [0, 0.05) is 36.6 Å². The van der Waals surface area contributed by atoms with E-state index in [-0.39, 0.29) is 0 Å². The normalized spacial score (nSPS) is 20.4. The van der Waals surface area contributed by atoms with Crippen molar-refractivity contribution in [2.45, 2.75) is 19.0 Å². The Hall–Kier alpha value is -1.23. The average Bonchev–Trinajstić information content (AvgIpc) is 3.01. The highest BCUT2D eigenvalue weighted by molar-refractivity contribution is 7.13. The molecule has 3 rings (SSSR count).